The summed E-state index contributed by atoms with van der Waals surface area (Å²) in [5.74, 6) is 1.70. The third-order valence-corrected chi connectivity index (χ3v) is 5.01. The van der Waals surface area contributed by atoms with Crippen molar-refractivity contribution >= 4 is 5.96 Å². The first kappa shape index (κ1) is 17.0. The van der Waals surface area contributed by atoms with Gasteiger partial charge in [0.05, 0.1) is 19.3 Å². The summed E-state index contributed by atoms with van der Waals surface area (Å²) >= 11 is 0. The van der Waals surface area contributed by atoms with Gasteiger partial charge < -0.3 is 25.2 Å². The Hall–Kier alpha value is -1.79. The van der Waals surface area contributed by atoms with Gasteiger partial charge in [-0.1, -0.05) is 18.2 Å². The van der Waals surface area contributed by atoms with Gasteiger partial charge in [0, 0.05) is 44.2 Å². The maximum Gasteiger partial charge on any atom is 0.191 e. The molecule has 1 unspecified atom stereocenters. The highest BCUT2D eigenvalue weighted by atomic mass is 16.5. The molecule has 0 bridgehead atoms. The third-order valence-electron chi connectivity index (χ3n) is 5.01. The van der Waals surface area contributed by atoms with Crippen LogP contribution < -0.4 is 15.4 Å². The number of rotatable bonds is 4. The zero-order valence-electron chi connectivity index (χ0n) is 14.3. The van der Waals surface area contributed by atoms with Crippen LogP contribution in [0.25, 0.3) is 0 Å². The predicted molar refractivity (Wildman–Crippen MR) is 93.4 cm³/mol. The number of ether oxygens (including phenoxy) is 2. The van der Waals surface area contributed by atoms with Crippen molar-refractivity contribution in [1.29, 1.82) is 0 Å². The van der Waals surface area contributed by atoms with E-state index in [1.165, 1.54) is 0 Å². The summed E-state index contributed by atoms with van der Waals surface area (Å²) in [7, 11) is 1.77. The quantitative estimate of drug-likeness (QED) is 0.575. The number of nitrogens with one attached hydrogen (secondary N) is 2. The van der Waals surface area contributed by atoms with Gasteiger partial charge in [-0.15, -0.1) is 0 Å². The van der Waals surface area contributed by atoms with Crippen molar-refractivity contribution in [3.05, 3.63) is 29.8 Å². The Balaban J connectivity index is 1.62. The maximum absolute atomic E-state index is 9.81. The van der Waals surface area contributed by atoms with Gasteiger partial charge in [0.15, 0.2) is 5.96 Å². The Labute approximate surface area is 143 Å². The number of hydrogen-bond donors (Lipinski definition) is 3. The van der Waals surface area contributed by atoms with Crippen molar-refractivity contribution in [3.63, 3.8) is 0 Å². The second-order valence-corrected chi connectivity index (χ2v) is 6.57. The normalized spacial score (nSPS) is 23.1. The minimum atomic E-state index is -0.122. The molecule has 0 radical (unpaired) electrons. The Morgan fingerprint density at radius 2 is 2.08 bits per heavy atom. The van der Waals surface area contributed by atoms with Gasteiger partial charge in [-0.25, -0.2) is 0 Å². The monoisotopic (exact) mass is 333 g/mol. The molecule has 132 valence electrons. The van der Waals surface area contributed by atoms with Gasteiger partial charge in [0.2, 0.25) is 0 Å². The minimum absolute atomic E-state index is 0.122. The molecular weight excluding hydrogens is 306 g/mol. The smallest absolute Gasteiger partial charge is 0.191 e. The summed E-state index contributed by atoms with van der Waals surface area (Å²) in [5.41, 5.74) is 1.04. The fourth-order valence-corrected chi connectivity index (χ4v) is 3.32. The van der Waals surface area contributed by atoms with E-state index in [-0.39, 0.29) is 18.1 Å². The topological polar surface area (TPSA) is 75.1 Å². The summed E-state index contributed by atoms with van der Waals surface area (Å²) in [6.45, 7) is 2.98. The Bertz CT molecular complexity index is 570. The molecule has 0 aliphatic carbocycles. The second kappa shape index (κ2) is 7.85. The Kier molecular flexibility index (Phi) is 5.58. The molecule has 2 heterocycles. The average molecular weight is 333 g/mol. The van der Waals surface area contributed by atoms with Gasteiger partial charge in [-0.3, -0.25) is 4.99 Å². The lowest BCUT2D eigenvalue weighted by atomic mass is 9.81. The summed E-state index contributed by atoms with van der Waals surface area (Å²) in [6.07, 6.45) is 2.64. The molecule has 1 atom stereocenters. The van der Waals surface area contributed by atoms with E-state index >= 15 is 0 Å². The van der Waals surface area contributed by atoms with E-state index in [1.807, 2.05) is 18.2 Å². The van der Waals surface area contributed by atoms with E-state index in [2.05, 4.69) is 21.7 Å². The lowest BCUT2D eigenvalue weighted by Gasteiger charge is -2.36. The SMILES string of the molecule is CN=C(NCC1(CO)CCOCC1)NC1CCOc2ccccc21. The van der Waals surface area contributed by atoms with E-state index < -0.39 is 0 Å². The Morgan fingerprint density at radius 1 is 1.29 bits per heavy atom. The fourth-order valence-electron chi connectivity index (χ4n) is 3.32. The van der Waals surface area contributed by atoms with Crippen LogP contribution >= 0.6 is 0 Å². The van der Waals surface area contributed by atoms with Gasteiger partial charge in [0.25, 0.3) is 0 Å². The van der Waals surface area contributed by atoms with Crippen LogP contribution in [0, 0.1) is 5.41 Å². The number of aliphatic hydroxyl groups excluding tert-OH is 1. The number of aliphatic imine (C=N–C) groups is 1. The molecule has 24 heavy (non-hydrogen) atoms. The highest BCUT2D eigenvalue weighted by molar-refractivity contribution is 5.80. The molecule has 2 aliphatic heterocycles. The molecule has 0 saturated carbocycles. The van der Waals surface area contributed by atoms with E-state index in [9.17, 15) is 5.11 Å². The second-order valence-electron chi connectivity index (χ2n) is 6.57. The molecule has 3 N–H and O–H groups in total. The van der Waals surface area contributed by atoms with Crippen LogP contribution in [-0.4, -0.2) is 51.1 Å². The van der Waals surface area contributed by atoms with Crippen LogP contribution in [0.2, 0.25) is 0 Å². The van der Waals surface area contributed by atoms with Crippen molar-refractivity contribution in [2.75, 3.05) is 40.0 Å². The number of fused-ring (bicyclic) bond motifs is 1. The molecule has 2 aliphatic rings. The van der Waals surface area contributed by atoms with Gasteiger partial charge in [-0.2, -0.15) is 0 Å². The molecule has 0 aromatic heterocycles. The van der Waals surface area contributed by atoms with E-state index in [1.54, 1.807) is 7.05 Å². The minimum Gasteiger partial charge on any atom is -0.493 e. The number of guanidine groups is 1. The van der Waals surface area contributed by atoms with E-state index in [4.69, 9.17) is 9.47 Å². The molecule has 1 aromatic rings. The highest BCUT2D eigenvalue weighted by Gasteiger charge is 2.32. The molecule has 1 aromatic carbocycles. The van der Waals surface area contributed by atoms with Crippen molar-refractivity contribution in [1.82, 2.24) is 10.6 Å². The predicted octanol–water partition coefficient (Wildman–Crippen LogP) is 1.46. The Morgan fingerprint density at radius 3 is 2.83 bits per heavy atom. The van der Waals surface area contributed by atoms with Crippen LogP contribution in [-0.2, 0) is 4.74 Å². The van der Waals surface area contributed by atoms with Crippen LogP contribution in [0.3, 0.4) is 0 Å². The zero-order chi connectivity index (χ0) is 16.8. The van der Waals surface area contributed by atoms with Crippen molar-refractivity contribution < 1.29 is 14.6 Å². The van der Waals surface area contributed by atoms with E-state index in [0.717, 1.165) is 36.5 Å². The number of hydrogen-bond acceptors (Lipinski definition) is 4. The summed E-state index contributed by atoms with van der Waals surface area (Å²) in [4.78, 5) is 4.35. The summed E-state index contributed by atoms with van der Waals surface area (Å²) in [5, 5.41) is 16.7. The van der Waals surface area contributed by atoms with Gasteiger partial charge in [0.1, 0.15) is 5.75 Å². The first-order valence-corrected chi connectivity index (χ1v) is 8.64. The molecule has 0 amide bonds. The molecule has 1 saturated heterocycles. The highest BCUT2D eigenvalue weighted by Crippen LogP contribution is 2.32. The molecule has 6 nitrogen and oxygen atoms in total. The van der Waals surface area contributed by atoms with Gasteiger partial charge in [-0.05, 0) is 18.9 Å². The molecule has 3 rings (SSSR count). The molecule has 0 spiro atoms. The summed E-state index contributed by atoms with van der Waals surface area (Å²) < 4.78 is 11.1. The maximum atomic E-state index is 9.81. The molecular formula is C18H27N3O3. The van der Waals surface area contributed by atoms with Crippen LogP contribution in [0.15, 0.2) is 29.3 Å². The average Bonchev–Trinajstić information content (AvgIpc) is 2.66. The number of aliphatic hydroxyl groups is 1. The van der Waals surface area contributed by atoms with Crippen LogP contribution in [0.1, 0.15) is 30.9 Å². The number of benzene rings is 1. The standard InChI is InChI=1S/C18H27N3O3/c1-19-17(20-12-18(13-22)7-10-23-11-8-18)21-15-6-9-24-16-5-3-2-4-14(15)16/h2-5,15,22H,6-13H2,1H3,(H2,19,20,21). The van der Waals surface area contributed by atoms with Crippen molar-refractivity contribution in [2.24, 2.45) is 10.4 Å². The van der Waals surface area contributed by atoms with Gasteiger partial charge >= 0.3 is 0 Å². The zero-order valence-corrected chi connectivity index (χ0v) is 14.3. The van der Waals surface area contributed by atoms with Crippen LogP contribution in [0.4, 0.5) is 0 Å². The first-order chi connectivity index (χ1) is 11.8. The number of nitrogens with zero attached hydrogens (tertiary/aromatic N) is 1. The first-order valence-electron chi connectivity index (χ1n) is 8.64. The number of para-hydroxylation sites is 1. The molecule has 1 fully saturated rings. The largest absolute Gasteiger partial charge is 0.493 e. The van der Waals surface area contributed by atoms with E-state index in [0.29, 0.717) is 26.4 Å². The fraction of sp³-hybridized carbons (Fsp3) is 0.611. The summed E-state index contributed by atoms with van der Waals surface area (Å²) in [6, 6.07) is 8.29. The lowest BCUT2D eigenvalue weighted by Crippen LogP contribution is -2.48. The third kappa shape index (κ3) is 3.82. The lowest BCUT2D eigenvalue weighted by molar-refractivity contribution is -0.0132. The van der Waals surface area contributed by atoms with Crippen molar-refractivity contribution in [2.45, 2.75) is 25.3 Å². The van der Waals surface area contributed by atoms with Crippen LogP contribution in [0.5, 0.6) is 5.75 Å². The van der Waals surface area contributed by atoms with Crippen molar-refractivity contribution in [3.8, 4) is 5.75 Å². The molecule has 6 heteroatoms.